The molecule has 1 saturated carbocycles. The van der Waals surface area contributed by atoms with E-state index in [9.17, 15) is 9.59 Å². The van der Waals surface area contributed by atoms with Crippen molar-refractivity contribution in [1.82, 2.24) is 16.0 Å². The summed E-state index contributed by atoms with van der Waals surface area (Å²) in [6, 6.07) is 0.253. The molecule has 1 aliphatic heterocycles. The lowest BCUT2D eigenvalue weighted by Crippen LogP contribution is -2.65. The van der Waals surface area contributed by atoms with Crippen LogP contribution < -0.4 is 16.0 Å². The maximum absolute atomic E-state index is 11.9. The van der Waals surface area contributed by atoms with Crippen LogP contribution in [0.2, 0.25) is 0 Å². The summed E-state index contributed by atoms with van der Waals surface area (Å²) < 4.78 is 0. The second-order valence-electron chi connectivity index (χ2n) is 5.28. The summed E-state index contributed by atoms with van der Waals surface area (Å²) in [5.74, 6) is -0.0662. The molecule has 1 heterocycles. The Labute approximate surface area is 108 Å². The molecule has 2 rings (SSSR count). The predicted octanol–water partition coefficient (Wildman–Crippen LogP) is 0.302. The molecular weight excluding hydrogens is 230 g/mol. The number of rotatable bonds is 4. The molecule has 18 heavy (non-hydrogen) atoms. The highest BCUT2D eigenvalue weighted by atomic mass is 16.2. The normalized spacial score (nSPS) is 31.4. The topological polar surface area (TPSA) is 70.2 Å². The van der Waals surface area contributed by atoms with Gasteiger partial charge in [0, 0.05) is 18.6 Å². The van der Waals surface area contributed by atoms with Gasteiger partial charge in [0.25, 0.3) is 0 Å². The summed E-state index contributed by atoms with van der Waals surface area (Å²) in [7, 11) is 0. The second kappa shape index (κ2) is 6.18. The van der Waals surface area contributed by atoms with Gasteiger partial charge < -0.3 is 16.0 Å². The number of amides is 2. The third-order valence-corrected chi connectivity index (χ3v) is 3.79. The first kappa shape index (κ1) is 13.3. The van der Waals surface area contributed by atoms with E-state index >= 15 is 0 Å². The maximum Gasteiger partial charge on any atom is 0.237 e. The Morgan fingerprint density at radius 2 is 2.06 bits per heavy atom. The van der Waals surface area contributed by atoms with Gasteiger partial charge in [-0.05, 0) is 19.3 Å². The van der Waals surface area contributed by atoms with Crippen LogP contribution in [0.15, 0.2) is 0 Å². The fourth-order valence-electron chi connectivity index (χ4n) is 2.79. The molecule has 1 aliphatic carbocycles. The molecule has 102 valence electrons. The summed E-state index contributed by atoms with van der Waals surface area (Å²) >= 11 is 0. The maximum atomic E-state index is 11.9. The average Bonchev–Trinajstić information content (AvgIpc) is 2.37. The van der Waals surface area contributed by atoms with Gasteiger partial charge in [0.1, 0.15) is 0 Å². The first-order valence-electron chi connectivity index (χ1n) is 7.04. The van der Waals surface area contributed by atoms with E-state index in [1.165, 1.54) is 12.8 Å². The van der Waals surface area contributed by atoms with E-state index in [1.807, 2.05) is 6.92 Å². The number of hydrogen-bond donors (Lipinski definition) is 3. The van der Waals surface area contributed by atoms with Gasteiger partial charge in [-0.25, -0.2) is 0 Å². The lowest BCUT2D eigenvalue weighted by atomic mass is 9.87. The molecule has 0 radical (unpaired) electrons. The number of carbonyl (C=O) groups is 2. The van der Waals surface area contributed by atoms with Gasteiger partial charge in [-0.2, -0.15) is 0 Å². The van der Waals surface area contributed by atoms with Crippen molar-refractivity contribution < 1.29 is 9.59 Å². The van der Waals surface area contributed by atoms with E-state index in [-0.39, 0.29) is 30.3 Å². The lowest BCUT2D eigenvalue weighted by molar-refractivity contribution is -0.131. The quantitative estimate of drug-likeness (QED) is 0.675. The van der Waals surface area contributed by atoms with Crippen molar-refractivity contribution in [2.75, 3.05) is 6.54 Å². The molecular formula is C13H23N3O2. The standard InChI is InChI=1S/C13H23N3O2/c1-2-7-14-12(17)8-11-13(18)16-10-6-4-3-5-9(10)15-11/h9-11,15H,2-8H2,1H3,(H,14,17)(H,16,18)/t9-,10-,11+/m0/s1. The van der Waals surface area contributed by atoms with Gasteiger partial charge in [0.05, 0.1) is 12.5 Å². The van der Waals surface area contributed by atoms with Crippen LogP contribution in [0, 0.1) is 0 Å². The molecule has 0 bridgehead atoms. The number of carbonyl (C=O) groups excluding carboxylic acids is 2. The second-order valence-corrected chi connectivity index (χ2v) is 5.28. The van der Waals surface area contributed by atoms with Crippen molar-refractivity contribution in [2.24, 2.45) is 0 Å². The molecule has 0 unspecified atom stereocenters. The fourth-order valence-corrected chi connectivity index (χ4v) is 2.79. The zero-order valence-corrected chi connectivity index (χ0v) is 11.0. The first-order valence-corrected chi connectivity index (χ1v) is 7.04. The summed E-state index contributed by atoms with van der Waals surface area (Å²) in [6.07, 6.45) is 5.70. The fraction of sp³-hybridized carbons (Fsp3) is 0.846. The van der Waals surface area contributed by atoms with Crippen molar-refractivity contribution in [1.29, 1.82) is 0 Å². The molecule has 2 fully saturated rings. The van der Waals surface area contributed by atoms with Gasteiger partial charge in [0.2, 0.25) is 11.8 Å². The van der Waals surface area contributed by atoms with Crippen molar-refractivity contribution in [3.63, 3.8) is 0 Å². The van der Waals surface area contributed by atoms with Crippen LogP contribution in [0.4, 0.5) is 0 Å². The van der Waals surface area contributed by atoms with Crippen molar-refractivity contribution in [2.45, 2.75) is 63.6 Å². The van der Waals surface area contributed by atoms with Crippen LogP contribution in [0.25, 0.3) is 0 Å². The molecule has 5 nitrogen and oxygen atoms in total. The van der Waals surface area contributed by atoms with Gasteiger partial charge >= 0.3 is 0 Å². The third-order valence-electron chi connectivity index (χ3n) is 3.79. The molecule has 0 spiro atoms. The minimum absolute atomic E-state index is 0.0233. The monoisotopic (exact) mass is 253 g/mol. The molecule has 0 aromatic carbocycles. The molecule has 3 N–H and O–H groups in total. The average molecular weight is 253 g/mol. The zero-order valence-electron chi connectivity index (χ0n) is 11.0. The van der Waals surface area contributed by atoms with E-state index in [4.69, 9.17) is 0 Å². The van der Waals surface area contributed by atoms with Crippen molar-refractivity contribution in [3.8, 4) is 0 Å². The van der Waals surface area contributed by atoms with Gasteiger partial charge in [-0.3, -0.25) is 9.59 Å². The Kier molecular flexibility index (Phi) is 4.58. The number of nitrogens with one attached hydrogen (secondary N) is 3. The smallest absolute Gasteiger partial charge is 0.237 e. The van der Waals surface area contributed by atoms with Crippen molar-refractivity contribution in [3.05, 3.63) is 0 Å². The van der Waals surface area contributed by atoms with Gasteiger partial charge in [0.15, 0.2) is 0 Å². The molecule has 0 aromatic heterocycles. The van der Waals surface area contributed by atoms with E-state index in [1.54, 1.807) is 0 Å². The van der Waals surface area contributed by atoms with E-state index in [2.05, 4.69) is 16.0 Å². The summed E-state index contributed by atoms with van der Waals surface area (Å²) in [5, 5.41) is 9.20. The summed E-state index contributed by atoms with van der Waals surface area (Å²) in [6.45, 7) is 2.69. The Balaban J connectivity index is 1.85. The number of hydrogen-bond acceptors (Lipinski definition) is 3. The van der Waals surface area contributed by atoms with Gasteiger partial charge in [-0.1, -0.05) is 19.8 Å². The Bertz CT molecular complexity index is 319. The largest absolute Gasteiger partial charge is 0.356 e. The van der Waals surface area contributed by atoms with E-state index < -0.39 is 0 Å². The lowest BCUT2D eigenvalue weighted by Gasteiger charge is -2.40. The van der Waals surface area contributed by atoms with Crippen molar-refractivity contribution >= 4 is 11.8 Å². The molecule has 1 saturated heterocycles. The highest BCUT2D eigenvalue weighted by molar-refractivity contribution is 5.89. The van der Waals surface area contributed by atoms with Crippen LogP contribution in [0.3, 0.4) is 0 Å². The molecule has 5 heteroatoms. The summed E-state index contributed by atoms with van der Waals surface area (Å²) in [4.78, 5) is 23.5. The van der Waals surface area contributed by atoms with E-state index in [0.29, 0.717) is 12.6 Å². The molecule has 2 amide bonds. The zero-order chi connectivity index (χ0) is 13.0. The summed E-state index contributed by atoms with van der Waals surface area (Å²) in [5.41, 5.74) is 0. The Hall–Kier alpha value is -1.10. The van der Waals surface area contributed by atoms with Crippen LogP contribution in [0.5, 0.6) is 0 Å². The highest BCUT2D eigenvalue weighted by Crippen LogP contribution is 2.22. The Morgan fingerprint density at radius 3 is 2.78 bits per heavy atom. The first-order chi connectivity index (χ1) is 8.70. The van der Waals surface area contributed by atoms with Crippen LogP contribution in [0.1, 0.15) is 45.4 Å². The van der Waals surface area contributed by atoms with Gasteiger partial charge in [-0.15, -0.1) is 0 Å². The number of piperazine rings is 1. The molecule has 0 aromatic rings. The molecule has 2 aliphatic rings. The van der Waals surface area contributed by atoms with E-state index in [0.717, 1.165) is 19.3 Å². The van der Waals surface area contributed by atoms with Crippen LogP contribution in [-0.2, 0) is 9.59 Å². The van der Waals surface area contributed by atoms with Crippen LogP contribution in [-0.4, -0.2) is 36.5 Å². The number of fused-ring (bicyclic) bond motifs is 1. The Morgan fingerprint density at radius 1 is 1.33 bits per heavy atom. The predicted molar refractivity (Wildman–Crippen MR) is 69.0 cm³/mol. The minimum Gasteiger partial charge on any atom is -0.356 e. The SMILES string of the molecule is CCCNC(=O)C[C@H]1N[C@H]2CCCC[C@@H]2NC1=O. The van der Waals surface area contributed by atoms with Crippen LogP contribution >= 0.6 is 0 Å². The third kappa shape index (κ3) is 3.22. The highest BCUT2D eigenvalue weighted by Gasteiger charge is 2.36. The minimum atomic E-state index is -0.360. The molecule has 3 atom stereocenters.